The maximum atomic E-state index is 12.6. The second kappa shape index (κ2) is 14.6. The fraction of sp³-hybridized carbons (Fsp3) is 0.733. The molecule has 10 unspecified atom stereocenters. The number of rotatable bonds is 9. The molecular formula is C30H48O9. The van der Waals surface area contributed by atoms with Gasteiger partial charge in [-0.05, 0) is 44.8 Å². The Bertz CT molecular complexity index is 908. The van der Waals surface area contributed by atoms with Crippen molar-refractivity contribution >= 4 is 11.9 Å². The molecule has 0 radical (unpaired) electrons. The molecule has 4 N–H and O–H groups in total. The number of ether oxygens (including phenoxy) is 3. The summed E-state index contributed by atoms with van der Waals surface area (Å²) in [6, 6.07) is 0. The van der Waals surface area contributed by atoms with Gasteiger partial charge < -0.3 is 34.6 Å². The first kappa shape index (κ1) is 33.2. The topological polar surface area (TPSA) is 146 Å². The van der Waals surface area contributed by atoms with Crippen molar-refractivity contribution in [1.82, 2.24) is 0 Å². The highest BCUT2D eigenvalue weighted by molar-refractivity contribution is 5.70. The summed E-state index contributed by atoms with van der Waals surface area (Å²) in [6.45, 7) is 12.2. The summed E-state index contributed by atoms with van der Waals surface area (Å²) in [7, 11) is 0. The largest absolute Gasteiger partial charge is 0.457 e. The van der Waals surface area contributed by atoms with Gasteiger partial charge >= 0.3 is 11.9 Å². The van der Waals surface area contributed by atoms with Gasteiger partial charge in [-0.15, -0.1) is 0 Å². The smallest absolute Gasteiger partial charge is 0.309 e. The van der Waals surface area contributed by atoms with Crippen molar-refractivity contribution in [2.75, 3.05) is 0 Å². The van der Waals surface area contributed by atoms with Crippen LogP contribution in [0.5, 0.6) is 0 Å². The Morgan fingerprint density at radius 3 is 2.51 bits per heavy atom. The second-order valence-corrected chi connectivity index (χ2v) is 11.5. The molecule has 0 aromatic carbocycles. The molecule has 11 atom stereocenters. The fourth-order valence-electron chi connectivity index (χ4n) is 4.94. The summed E-state index contributed by atoms with van der Waals surface area (Å²) in [5.74, 6) is -1.69. The molecule has 2 aliphatic heterocycles. The molecule has 2 heterocycles. The molecule has 9 heteroatoms. The molecule has 0 aromatic heterocycles. The van der Waals surface area contributed by atoms with E-state index in [-0.39, 0.29) is 49.2 Å². The van der Waals surface area contributed by atoms with Crippen LogP contribution in [0.25, 0.3) is 0 Å². The van der Waals surface area contributed by atoms with Crippen LogP contribution in [0.2, 0.25) is 0 Å². The summed E-state index contributed by atoms with van der Waals surface area (Å²) in [5.41, 5.74) is -0.691. The number of esters is 2. The van der Waals surface area contributed by atoms with E-state index in [4.69, 9.17) is 14.2 Å². The van der Waals surface area contributed by atoms with Gasteiger partial charge in [-0.1, -0.05) is 52.0 Å². The van der Waals surface area contributed by atoms with E-state index in [9.17, 15) is 30.0 Å². The lowest BCUT2D eigenvalue weighted by atomic mass is 9.88. The molecule has 1 fully saturated rings. The van der Waals surface area contributed by atoms with Crippen LogP contribution in [0.1, 0.15) is 74.1 Å². The van der Waals surface area contributed by atoms with Crippen LogP contribution in [0.3, 0.4) is 0 Å². The first-order chi connectivity index (χ1) is 18.2. The van der Waals surface area contributed by atoms with Crippen molar-refractivity contribution in [2.45, 2.75) is 122 Å². The molecule has 222 valence electrons. The average molecular weight is 553 g/mol. The van der Waals surface area contributed by atoms with Gasteiger partial charge in [0, 0.05) is 24.7 Å². The molecular weight excluding hydrogens is 504 g/mol. The fourth-order valence-corrected chi connectivity index (χ4v) is 4.94. The summed E-state index contributed by atoms with van der Waals surface area (Å²) in [6.07, 6.45) is 5.19. The average Bonchev–Trinajstić information content (AvgIpc) is 3.66. The molecule has 9 nitrogen and oxygen atoms in total. The lowest BCUT2D eigenvalue weighted by Gasteiger charge is -2.32. The number of cyclic esters (lactones) is 1. The summed E-state index contributed by atoms with van der Waals surface area (Å²) in [5, 5.41) is 42.1. The number of epoxide rings is 1. The van der Waals surface area contributed by atoms with Gasteiger partial charge in [-0.2, -0.15) is 0 Å². The Hall–Kier alpha value is -2.04. The Morgan fingerprint density at radius 1 is 1.23 bits per heavy atom. The molecule has 0 amide bonds. The number of carbonyl (C=O) groups excluding carboxylic acids is 2. The summed E-state index contributed by atoms with van der Waals surface area (Å²) in [4.78, 5) is 24.3. The highest BCUT2D eigenvalue weighted by Crippen LogP contribution is 2.37. The summed E-state index contributed by atoms with van der Waals surface area (Å²) < 4.78 is 16.8. The highest BCUT2D eigenvalue weighted by atomic mass is 16.6. The Labute approximate surface area is 232 Å². The van der Waals surface area contributed by atoms with Crippen molar-refractivity contribution in [3.63, 3.8) is 0 Å². The molecule has 2 rings (SSSR count). The third-order valence-electron chi connectivity index (χ3n) is 7.82. The van der Waals surface area contributed by atoms with E-state index in [1.54, 1.807) is 18.2 Å². The molecule has 39 heavy (non-hydrogen) atoms. The van der Waals surface area contributed by atoms with E-state index in [2.05, 4.69) is 0 Å². The van der Waals surface area contributed by atoms with Gasteiger partial charge in [0.25, 0.3) is 0 Å². The maximum absolute atomic E-state index is 12.6. The molecule has 0 bridgehead atoms. The van der Waals surface area contributed by atoms with Crippen molar-refractivity contribution in [3.8, 4) is 0 Å². The van der Waals surface area contributed by atoms with Crippen LogP contribution >= 0.6 is 0 Å². The minimum absolute atomic E-state index is 0.0547. The molecule has 0 aromatic rings. The van der Waals surface area contributed by atoms with Gasteiger partial charge in [0.1, 0.15) is 23.9 Å². The number of allylic oxidation sites excluding steroid dienone is 2. The SMILES string of the molecule is CCC(O)C(C)C1OC1[C@H](O)C(C)/C=C/C=C(\C)C1OC(=O)CC(O)CCC(C)(O)C(OC(C)=O)/C=C/C1C. The van der Waals surface area contributed by atoms with Crippen molar-refractivity contribution in [2.24, 2.45) is 17.8 Å². The van der Waals surface area contributed by atoms with Gasteiger partial charge in [-0.3, -0.25) is 9.59 Å². The predicted octanol–water partition coefficient (Wildman–Crippen LogP) is 2.99. The van der Waals surface area contributed by atoms with Crippen LogP contribution < -0.4 is 0 Å². The Kier molecular flexibility index (Phi) is 12.4. The van der Waals surface area contributed by atoms with E-state index in [1.165, 1.54) is 13.8 Å². The third kappa shape index (κ3) is 9.83. The van der Waals surface area contributed by atoms with Gasteiger partial charge in [-0.25, -0.2) is 0 Å². The molecule has 0 spiro atoms. The van der Waals surface area contributed by atoms with Crippen LogP contribution in [0.15, 0.2) is 36.0 Å². The Balaban J connectivity index is 2.17. The Morgan fingerprint density at radius 2 is 1.90 bits per heavy atom. The van der Waals surface area contributed by atoms with Crippen LogP contribution in [-0.2, 0) is 23.8 Å². The first-order valence-electron chi connectivity index (χ1n) is 14.0. The van der Waals surface area contributed by atoms with Crippen molar-refractivity contribution in [1.29, 1.82) is 0 Å². The van der Waals surface area contributed by atoms with E-state index < -0.39 is 48.1 Å². The van der Waals surface area contributed by atoms with E-state index >= 15 is 0 Å². The zero-order chi connectivity index (χ0) is 29.5. The number of aliphatic hydroxyl groups excluding tert-OH is 3. The zero-order valence-electron chi connectivity index (χ0n) is 24.3. The van der Waals surface area contributed by atoms with Crippen LogP contribution in [0, 0.1) is 17.8 Å². The number of carbonyl (C=O) groups is 2. The zero-order valence-corrected chi connectivity index (χ0v) is 24.3. The number of hydrogen-bond donors (Lipinski definition) is 4. The van der Waals surface area contributed by atoms with E-state index in [0.717, 1.165) is 5.57 Å². The maximum Gasteiger partial charge on any atom is 0.309 e. The quantitative estimate of drug-likeness (QED) is 0.147. The highest BCUT2D eigenvalue weighted by Gasteiger charge is 2.50. The lowest BCUT2D eigenvalue weighted by molar-refractivity contribution is -0.157. The van der Waals surface area contributed by atoms with E-state index in [0.29, 0.717) is 6.42 Å². The molecule has 0 saturated carbocycles. The number of hydrogen-bond acceptors (Lipinski definition) is 9. The van der Waals surface area contributed by atoms with Crippen LogP contribution in [0.4, 0.5) is 0 Å². The third-order valence-corrected chi connectivity index (χ3v) is 7.82. The van der Waals surface area contributed by atoms with Crippen molar-refractivity contribution < 1.29 is 44.2 Å². The normalized spacial score (nSPS) is 36.6. The van der Waals surface area contributed by atoms with Crippen LogP contribution in [-0.4, -0.2) is 80.7 Å². The first-order valence-corrected chi connectivity index (χ1v) is 14.0. The van der Waals surface area contributed by atoms with Crippen molar-refractivity contribution in [3.05, 3.63) is 36.0 Å². The van der Waals surface area contributed by atoms with E-state index in [1.807, 2.05) is 46.8 Å². The predicted molar refractivity (Wildman–Crippen MR) is 146 cm³/mol. The minimum atomic E-state index is -1.43. The van der Waals surface area contributed by atoms with Gasteiger partial charge in [0.2, 0.25) is 0 Å². The lowest BCUT2D eigenvalue weighted by Crippen LogP contribution is -2.42. The molecule has 0 aliphatic carbocycles. The van der Waals surface area contributed by atoms with Gasteiger partial charge in [0.05, 0.1) is 30.8 Å². The second-order valence-electron chi connectivity index (χ2n) is 11.5. The summed E-state index contributed by atoms with van der Waals surface area (Å²) >= 11 is 0. The number of aliphatic hydroxyl groups is 4. The minimum Gasteiger partial charge on any atom is -0.457 e. The monoisotopic (exact) mass is 552 g/mol. The molecule has 1 saturated heterocycles. The standard InChI is InChI=1S/C30H48O9/c1-8-23(33)20(5)28-29(39-28)26(35)17(2)10-9-11-18(3)27-19(4)12-13-24(37-21(6)31)30(7,36)15-14-22(32)16-25(34)38-27/h9-13,17,19-20,22-24,26-29,32-33,35-36H,8,14-16H2,1-7H3/b10-9+,13-12+,18-11+/t17?,19?,20?,22?,23?,24?,26-,27?,28?,29?,30?/m1/s1. The molecule has 2 aliphatic rings. The van der Waals surface area contributed by atoms with Gasteiger partial charge in [0.15, 0.2) is 0 Å².